The topological polar surface area (TPSA) is 78.6 Å². The summed E-state index contributed by atoms with van der Waals surface area (Å²) in [6.07, 6.45) is 0. The van der Waals surface area contributed by atoms with Gasteiger partial charge in [0.05, 0.1) is 13.7 Å². The Balaban J connectivity index is 2.90. The van der Waals surface area contributed by atoms with Crippen molar-refractivity contribution < 1.29 is 17.3 Å². The van der Waals surface area contributed by atoms with Crippen molar-refractivity contribution in [3.8, 4) is 5.75 Å². The predicted molar refractivity (Wildman–Crippen MR) is 55.6 cm³/mol. The molecule has 0 amide bonds. The van der Waals surface area contributed by atoms with Crippen molar-refractivity contribution >= 4 is 10.3 Å². The highest BCUT2D eigenvalue weighted by Gasteiger charge is 2.09. The maximum absolute atomic E-state index is 10.6. The third-order valence-corrected chi connectivity index (χ3v) is 2.32. The minimum atomic E-state index is -3.92. The van der Waals surface area contributed by atoms with Crippen LogP contribution in [-0.4, -0.2) is 15.5 Å². The molecule has 1 rings (SSSR count). The predicted octanol–water partition coefficient (Wildman–Crippen LogP) is 0.724. The molecule has 2 N–H and O–H groups in total. The highest BCUT2D eigenvalue weighted by atomic mass is 32.2. The van der Waals surface area contributed by atoms with Crippen molar-refractivity contribution in [1.82, 2.24) is 0 Å². The molecule has 0 radical (unpaired) electrons. The lowest BCUT2D eigenvalue weighted by atomic mass is 10.1. The maximum Gasteiger partial charge on any atom is 0.333 e. The van der Waals surface area contributed by atoms with Crippen molar-refractivity contribution in [2.45, 2.75) is 13.5 Å². The van der Waals surface area contributed by atoms with E-state index in [-0.39, 0.29) is 6.61 Å². The van der Waals surface area contributed by atoms with Crippen LogP contribution in [0, 0.1) is 6.92 Å². The summed E-state index contributed by atoms with van der Waals surface area (Å²) in [6.45, 7) is 1.74. The van der Waals surface area contributed by atoms with Gasteiger partial charge in [0.1, 0.15) is 5.75 Å². The van der Waals surface area contributed by atoms with Gasteiger partial charge in [-0.25, -0.2) is 5.14 Å². The zero-order chi connectivity index (χ0) is 11.5. The molecule has 1 aromatic carbocycles. The SMILES string of the molecule is COc1c(C)cccc1COS(N)(=O)=O. The minimum Gasteiger partial charge on any atom is -0.496 e. The van der Waals surface area contributed by atoms with Crippen LogP contribution in [0.3, 0.4) is 0 Å². The molecule has 6 heteroatoms. The van der Waals surface area contributed by atoms with Crippen LogP contribution in [-0.2, 0) is 21.1 Å². The van der Waals surface area contributed by atoms with Crippen molar-refractivity contribution in [1.29, 1.82) is 0 Å². The lowest BCUT2D eigenvalue weighted by Crippen LogP contribution is -2.15. The fraction of sp³-hybridized carbons (Fsp3) is 0.333. The van der Waals surface area contributed by atoms with Gasteiger partial charge >= 0.3 is 10.3 Å². The summed E-state index contributed by atoms with van der Waals surface area (Å²) in [5, 5.41) is 4.72. The molecule has 0 unspecified atom stereocenters. The maximum atomic E-state index is 10.6. The quantitative estimate of drug-likeness (QED) is 0.828. The third kappa shape index (κ3) is 3.50. The summed E-state index contributed by atoms with van der Waals surface area (Å²) >= 11 is 0. The van der Waals surface area contributed by atoms with Crippen LogP contribution < -0.4 is 9.88 Å². The second-order valence-electron chi connectivity index (χ2n) is 3.02. The van der Waals surface area contributed by atoms with Gasteiger partial charge in [0, 0.05) is 5.56 Å². The first-order chi connectivity index (χ1) is 6.94. The molecule has 0 aliphatic rings. The van der Waals surface area contributed by atoms with Crippen molar-refractivity contribution in [3.05, 3.63) is 29.3 Å². The Kier molecular flexibility index (Phi) is 3.67. The average molecular weight is 231 g/mol. The normalized spacial score (nSPS) is 11.4. The van der Waals surface area contributed by atoms with Gasteiger partial charge in [0.2, 0.25) is 0 Å². The molecule has 0 spiro atoms. The van der Waals surface area contributed by atoms with Gasteiger partial charge in [-0.15, -0.1) is 0 Å². The van der Waals surface area contributed by atoms with Crippen LogP contribution in [0.5, 0.6) is 5.75 Å². The van der Waals surface area contributed by atoms with Crippen LogP contribution in [0.25, 0.3) is 0 Å². The Morgan fingerprint density at radius 2 is 2.07 bits per heavy atom. The highest BCUT2D eigenvalue weighted by Crippen LogP contribution is 2.23. The van der Waals surface area contributed by atoms with Gasteiger partial charge in [0.25, 0.3) is 0 Å². The van der Waals surface area contributed by atoms with Crippen LogP contribution in [0.15, 0.2) is 18.2 Å². The monoisotopic (exact) mass is 231 g/mol. The molecule has 0 bridgehead atoms. The number of hydrogen-bond acceptors (Lipinski definition) is 4. The lowest BCUT2D eigenvalue weighted by molar-refractivity contribution is 0.299. The van der Waals surface area contributed by atoms with E-state index in [1.807, 2.05) is 13.0 Å². The number of para-hydroxylation sites is 1. The molecule has 0 aliphatic heterocycles. The molecule has 0 aliphatic carbocycles. The number of aryl methyl sites for hydroxylation is 1. The van der Waals surface area contributed by atoms with Gasteiger partial charge in [-0.2, -0.15) is 8.42 Å². The molecular formula is C9H13NO4S. The summed E-state index contributed by atoms with van der Waals surface area (Å²) in [7, 11) is -2.40. The smallest absolute Gasteiger partial charge is 0.333 e. The number of hydrogen-bond donors (Lipinski definition) is 1. The molecule has 0 saturated heterocycles. The number of rotatable bonds is 4. The molecule has 0 heterocycles. The molecule has 0 aromatic heterocycles. The fourth-order valence-corrected chi connectivity index (χ4v) is 1.56. The van der Waals surface area contributed by atoms with E-state index in [0.717, 1.165) is 5.56 Å². The van der Waals surface area contributed by atoms with Crippen LogP contribution in [0.1, 0.15) is 11.1 Å². The van der Waals surface area contributed by atoms with E-state index < -0.39 is 10.3 Å². The highest BCUT2D eigenvalue weighted by molar-refractivity contribution is 7.84. The summed E-state index contributed by atoms with van der Waals surface area (Å²) < 4.78 is 30.8. The molecule has 0 atom stereocenters. The third-order valence-electron chi connectivity index (χ3n) is 1.88. The van der Waals surface area contributed by atoms with E-state index in [0.29, 0.717) is 11.3 Å². The summed E-state index contributed by atoms with van der Waals surface area (Å²) in [5.74, 6) is 0.612. The first-order valence-electron chi connectivity index (χ1n) is 4.23. The van der Waals surface area contributed by atoms with E-state index in [1.165, 1.54) is 7.11 Å². The summed E-state index contributed by atoms with van der Waals surface area (Å²) in [4.78, 5) is 0. The van der Waals surface area contributed by atoms with Gasteiger partial charge in [-0.1, -0.05) is 18.2 Å². The van der Waals surface area contributed by atoms with E-state index in [1.54, 1.807) is 12.1 Å². The Morgan fingerprint density at radius 1 is 1.40 bits per heavy atom. The van der Waals surface area contributed by atoms with Crippen LogP contribution in [0.2, 0.25) is 0 Å². The Hall–Kier alpha value is -1.11. The van der Waals surface area contributed by atoms with Crippen LogP contribution in [0.4, 0.5) is 0 Å². The van der Waals surface area contributed by atoms with E-state index >= 15 is 0 Å². The molecule has 15 heavy (non-hydrogen) atoms. The van der Waals surface area contributed by atoms with Crippen molar-refractivity contribution in [3.63, 3.8) is 0 Å². The average Bonchev–Trinajstić information content (AvgIpc) is 2.13. The summed E-state index contributed by atoms with van der Waals surface area (Å²) in [5.41, 5.74) is 1.56. The largest absolute Gasteiger partial charge is 0.496 e. The molecule has 1 aromatic rings. The number of ether oxygens (including phenoxy) is 1. The summed E-state index contributed by atoms with van der Waals surface area (Å²) in [6, 6.07) is 5.37. The number of methoxy groups -OCH3 is 1. The zero-order valence-corrected chi connectivity index (χ0v) is 9.37. The van der Waals surface area contributed by atoms with E-state index in [9.17, 15) is 8.42 Å². The second-order valence-corrected chi connectivity index (χ2v) is 4.24. The Labute approximate surface area is 89.1 Å². The van der Waals surface area contributed by atoms with E-state index in [2.05, 4.69) is 4.18 Å². The van der Waals surface area contributed by atoms with Gasteiger partial charge in [-0.05, 0) is 12.5 Å². The van der Waals surface area contributed by atoms with Gasteiger partial charge in [-0.3, -0.25) is 4.18 Å². The van der Waals surface area contributed by atoms with Crippen LogP contribution >= 0.6 is 0 Å². The van der Waals surface area contributed by atoms with Gasteiger partial charge in [0.15, 0.2) is 0 Å². The number of benzene rings is 1. The molecule has 0 saturated carbocycles. The molecular weight excluding hydrogens is 218 g/mol. The molecule has 0 fully saturated rings. The van der Waals surface area contributed by atoms with Crippen molar-refractivity contribution in [2.75, 3.05) is 7.11 Å². The Morgan fingerprint density at radius 3 is 2.60 bits per heavy atom. The lowest BCUT2D eigenvalue weighted by Gasteiger charge is -2.10. The molecule has 84 valence electrons. The second kappa shape index (κ2) is 4.61. The first kappa shape index (κ1) is 12.0. The first-order valence-corrected chi connectivity index (χ1v) is 5.71. The van der Waals surface area contributed by atoms with Crippen molar-refractivity contribution in [2.24, 2.45) is 5.14 Å². The zero-order valence-electron chi connectivity index (χ0n) is 8.56. The minimum absolute atomic E-state index is 0.121. The van der Waals surface area contributed by atoms with Gasteiger partial charge < -0.3 is 4.74 Å². The standard InChI is InChI=1S/C9H13NO4S/c1-7-4-3-5-8(9(7)13-2)6-14-15(10,11)12/h3-5H,6H2,1-2H3,(H2,10,11,12). The molecule has 5 nitrogen and oxygen atoms in total. The van der Waals surface area contributed by atoms with E-state index in [4.69, 9.17) is 9.88 Å². The Bertz CT molecular complexity index is 441. The number of nitrogens with two attached hydrogens (primary N) is 1. The fourth-order valence-electron chi connectivity index (χ4n) is 1.26.